The first-order valence-corrected chi connectivity index (χ1v) is 8.89. The number of aliphatic hydroxyl groups excluding tert-OH is 1. The van der Waals surface area contributed by atoms with Gasteiger partial charge in [0.2, 0.25) is 5.91 Å². The van der Waals surface area contributed by atoms with Gasteiger partial charge >= 0.3 is 6.36 Å². The topological polar surface area (TPSA) is 70.1 Å². The zero-order valence-electron chi connectivity index (χ0n) is 14.6. The lowest BCUT2D eigenvalue weighted by atomic mass is 9.97. The highest BCUT2D eigenvalue weighted by molar-refractivity contribution is 6.22. The van der Waals surface area contributed by atoms with Crippen LogP contribution < -0.4 is 9.64 Å². The van der Waals surface area contributed by atoms with Gasteiger partial charge < -0.3 is 9.84 Å². The minimum Gasteiger partial charge on any atom is -0.406 e. The minimum atomic E-state index is -4.86. The lowest BCUT2D eigenvalue weighted by Gasteiger charge is -2.38. The van der Waals surface area contributed by atoms with E-state index in [0.29, 0.717) is 13.0 Å². The zero-order chi connectivity index (χ0) is 19.6. The number of carbonyl (C=O) groups excluding carboxylic acids is 2. The van der Waals surface area contributed by atoms with Crippen LogP contribution in [0.2, 0.25) is 0 Å². The second-order valence-electron chi connectivity index (χ2n) is 6.73. The number of ether oxygens (including phenoxy) is 1. The van der Waals surface area contributed by atoms with Crippen molar-refractivity contribution < 1.29 is 32.6 Å². The molecular weight excluding hydrogens is 365 g/mol. The Morgan fingerprint density at radius 2 is 2.00 bits per heavy atom. The number of piperidine rings is 1. The highest BCUT2D eigenvalue weighted by Crippen LogP contribution is 2.33. The van der Waals surface area contributed by atoms with E-state index in [0.717, 1.165) is 36.3 Å². The monoisotopic (exact) mass is 386 g/mol. The molecule has 27 heavy (non-hydrogen) atoms. The number of amides is 2. The van der Waals surface area contributed by atoms with Crippen LogP contribution in [0.5, 0.6) is 5.75 Å². The molecule has 0 radical (unpaired) electrons. The molecule has 2 amide bonds. The molecule has 148 valence electrons. The van der Waals surface area contributed by atoms with Crippen LogP contribution in [0, 0.1) is 0 Å². The van der Waals surface area contributed by atoms with E-state index in [2.05, 4.69) is 4.74 Å². The maximum absolute atomic E-state index is 12.9. The predicted molar refractivity (Wildman–Crippen MR) is 90.1 cm³/mol. The number of alkyl halides is 3. The molecule has 2 fully saturated rings. The molecule has 0 bridgehead atoms. The molecule has 1 aromatic rings. The first-order chi connectivity index (χ1) is 12.8. The van der Waals surface area contributed by atoms with E-state index < -0.39 is 30.0 Å². The Kier molecular flexibility index (Phi) is 5.71. The van der Waals surface area contributed by atoms with Gasteiger partial charge in [-0.3, -0.25) is 14.5 Å². The Hall–Kier alpha value is -2.13. The van der Waals surface area contributed by atoms with E-state index in [4.69, 9.17) is 0 Å². The van der Waals surface area contributed by atoms with Crippen molar-refractivity contribution in [3.8, 4) is 5.75 Å². The minimum absolute atomic E-state index is 0.00341. The summed E-state index contributed by atoms with van der Waals surface area (Å²) in [5.74, 6) is -1.39. The van der Waals surface area contributed by atoms with Crippen LogP contribution in [0.15, 0.2) is 24.3 Å². The van der Waals surface area contributed by atoms with Crippen molar-refractivity contribution in [2.75, 3.05) is 18.1 Å². The summed E-state index contributed by atoms with van der Waals surface area (Å²) < 4.78 is 41.2. The van der Waals surface area contributed by atoms with Crippen molar-refractivity contribution in [1.82, 2.24) is 4.90 Å². The molecule has 0 unspecified atom stereocenters. The third-order valence-electron chi connectivity index (χ3n) is 4.97. The third kappa shape index (κ3) is 4.41. The van der Waals surface area contributed by atoms with Gasteiger partial charge in [0.1, 0.15) is 5.75 Å². The normalized spacial score (nSPS) is 24.5. The van der Waals surface area contributed by atoms with Crippen molar-refractivity contribution in [3.05, 3.63) is 24.3 Å². The van der Waals surface area contributed by atoms with Crippen molar-refractivity contribution in [3.63, 3.8) is 0 Å². The van der Waals surface area contributed by atoms with Crippen LogP contribution in [-0.4, -0.2) is 53.4 Å². The molecule has 2 atom stereocenters. The molecule has 2 aliphatic rings. The summed E-state index contributed by atoms with van der Waals surface area (Å²) in [4.78, 5) is 28.2. The lowest BCUT2D eigenvalue weighted by molar-refractivity contribution is -0.274. The van der Waals surface area contributed by atoms with Gasteiger partial charge in [-0.2, -0.15) is 0 Å². The van der Waals surface area contributed by atoms with E-state index in [9.17, 15) is 27.9 Å². The number of hydrogen-bond acceptors (Lipinski definition) is 5. The van der Waals surface area contributed by atoms with Crippen molar-refractivity contribution in [1.29, 1.82) is 0 Å². The van der Waals surface area contributed by atoms with Crippen LogP contribution in [0.3, 0.4) is 0 Å². The number of anilines is 1. The Balaban J connectivity index is 1.81. The molecule has 2 heterocycles. The molecule has 1 aromatic carbocycles. The summed E-state index contributed by atoms with van der Waals surface area (Å²) >= 11 is 0. The number of halogens is 3. The van der Waals surface area contributed by atoms with Crippen LogP contribution in [-0.2, 0) is 9.59 Å². The molecule has 0 aromatic heterocycles. The van der Waals surface area contributed by atoms with E-state index in [-0.39, 0.29) is 24.8 Å². The summed E-state index contributed by atoms with van der Waals surface area (Å²) in [6, 6.07) is 4.23. The molecule has 9 heteroatoms. The average molecular weight is 386 g/mol. The van der Waals surface area contributed by atoms with Gasteiger partial charge in [0.05, 0.1) is 18.2 Å². The van der Waals surface area contributed by atoms with Gasteiger partial charge in [-0.1, -0.05) is 12.5 Å². The van der Waals surface area contributed by atoms with Gasteiger partial charge in [0.25, 0.3) is 5.91 Å². The number of carbonyl (C=O) groups is 2. The SMILES string of the molecule is O=C1C[C@@H](N2CCCC[C@@H]2CCO)C(=O)N1c1cccc(OC(F)(F)F)c1. The molecule has 0 aliphatic carbocycles. The molecule has 2 saturated heterocycles. The fourth-order valence-corrected chi connectivity index (χ4v) is 3.86. The van der Waals surface area contributed by atoms with E-state index in [1.165, 1.54) is 12.1 Å². The van der Waals surface area contributed by atoms with Crippen LogP contribution in [0.1, 0.15) is 32.1 Å². The highest BCUT2D eigenvalue weighted by atomic mass is 19.4. The second-order valence-corrected chi connectivity index (χ2v) is 6.73. The standard InChI is InChI=1S/C18H21F3N2O4/c19-18(20,21)27-14-6-3-5-13(10-14)23-16(25)11-15(17(23)26)22-8-2-1-4-12(22)7-9-24/h3,5-6,10,12,15,24H,1-2,4,7-9,11H2/t12-,15-/m1/s1. The van der Waals surface area contributed by atoms with Crippen LogP contribution in [0.4, 0.5) is 18.9 Å². The van der Waals surface area contributed by atoms with E-state index in [1.807, 2.05) is 4.90 Å². The summed E-state index contributed by atoms with van der Waals surface area (Å²) in [5, 5.41) is 9.26. The predicted octanol–water partition coefficient (Wildman–Crippen LogP) is 2.45. The third-order valence-corrected chi connectivity index (χ3v) is 4.97. The Morgan fingerprint density at radius 1 is 1.22 bits per heavy atom. The number of likely N-dealkylation sites (tertiary alicyclic amines) is 1. The summed E-state index contributed by atoms with van der Waals surface area (Å²) in [6.07, 6.45) is -1.62. The van der Waals surface area contributed by atoms with Gasteiger partial charge in [-0.15, -0.1) is 13.2 Å². The smallest absolute Gasteiger partial charge is 0.406 e. The number of benzene rings is 1. The molecule has 0 spiro atoms. The fourth-order valence-electron chi connectivity index (χ4n) is 3.86. The number of aliphatic hydroxyl groups is 1. The summed E-state index contributed by atoms with van der Waals surface area (Å²) in [5.41, 5.74) is 0.0602. The molecule has 0 saturated carbocycles. The quantitative estimate of drug-likeness (QED) is 0.788. The number of hydrogen-bond donors (Lipinski definition) is 1. The molecular formula is C18H21F3N2O4. The first-order valence-electron chi connectivity index (χ1n) is 8.89. The largest absolute Gasteiger partial charge is 0.573 e. The molecule has 1 N–H and O–H groups in total. The van der Waals surface area contributed by atoms with Crippen LogP contribution in [0.25, 0.3) is 0 Å². The number of nitrogens with zero attached hydrogens (tertiary/aromatic N) is 2. The summed E-state index contributed by atoms with van der Waals surface area (Å²) in [7, 11) is 0. The van der Waals surface area contributed by atoms with Crippen molar-refractivity contribution in [2.24, 2.45) is 0 Å². The molecule has 3 rings (SSSR count). The van der Waals surface area contributed by atoms with Crippen molar-refractivity contribution >= 4 is 17.5 Å². The maximum Gasteiger partial charge on any atom is 0.573 e. The highest BCUT2D eigenvalue weighted by Gasteiger charge is 2.45. The van der Waals surface area contributed by atoms with Crippen LogP contribution >= 0.6 is 0 Å². The second kappa shape index (κ2) is 7.85. The van der Waals surface area contributed by atoms with Gasteiger partial charge in [-0.05, 0) is 37.9 Å². The Labute approximate surface area is 154 Å². The van der Waals surface area contributed by atoms with E-state index in [1.54, 1.807) is 0 Å². The first kappa shape index (κ1) is 19.6. The Bertz CT molecular complexity index is 708. The maximum atomic E-state index is 12.9. The van der Waals surface area contributed by atoms with Crippen molar-refractivity contribution in [2.45, 2.75) is 50.6 Å². The lowest BCUT2D eigenvalue weighted by Crippen LogP contribution is -2.50. The zero-order valence-corrected chi connectivity index (χ0v) is 14.6. The molecule has 2 aliphatic heterocycles. The van der Waals surface area contributed by atoms with Gasteiger partial charge in [0.15, 0.2) is 0 Å². The Morgan fingerprint density at radius 3 is 2.70 bits per heavy atom. The number of imide groups is 1. The number of rotatable bonds is 5. The van der Waals surface area contributed by atoms with Gasteiger partial charge in [0, 0.05) is 18.7 Å². The summed E-state index contributed by atoms with van der Waals surface area (Å²) in [6.45, 7) is 0.649. The van der Waals surface area contributed by atoms with Gasteiger partial charge in [-0.25, -0.2) is 4.90 Å². The average Bonchev–Trinajstić information content (AvgIpc) is 2.89. The fraction of sp³-hybridized carbons (Fsp3) is 0.556. The van der Waals surface area contributed by atoms with E-state index >= 15 is 0 Å². The molecule has 6 nitrogen and oxygen atoms in total.